The molecule has 3 rings (SSSR count). The van der Waals surface area contributed by atoms with Crippen molar-refractivity contribution in [3.63, 3.8) is 0 Å². The molecular weight excluding hydrogens is 330 g/mol. The van der Waals surface area contributed by atoms with E-state index in [2.05, 4.69) is 33.7 Å². The van der Waals surface area contributed by atoms with Crippen molar-refractivity contribution in [1.29, 1.82) is 0 Å². The predicted molar refractivity (Wildman–Crippen MR) is 99.6 cm³/mol. The van der Waals surface area contributed by atoms with Crippen molar-refractivity contribution < 1.29 is 4.79 Å². The van der Waals surface area contributed by atoms with Gasteiger partial charge < -0.3 is 10.2 Å². The monoisotopic (exact) mass is 359 g/mol. The highest BCUT2D eigenvalue weighted by Gasteiger charge is 2.32. The molecule has 0 aromatic carbocycles. The van der Waals surface area contributed by atoms with Crippen LogP contribution in [0, 0.1) is 5.92 Å². The maximum atomic E-state index is 12.4. The molecule has 3 heterocycles. The van der Waals surface area contributed by atoms with Crippen LogP contribution in [0.3, 0.4) is 0 Å². The number of amides is 2. The highest BCUT2D eigenvalue weighted by Crippen LogP contribution is 2.35. The minimum atomic E-state index is -0.0321. The summed E-state index contributed by atoms with van der Waals surface area (Å²) < 4.78 is 3.66. The van der Waals surface area contributed by atoms with Gasteiger partial charge in [-0.1, -0.05) is 0 Å². The quantitative estimate of drug-likeness (QED) is 0.845. The van der Waals surface area contributed by atoms with Gasteiger partial charge in [0.05, 0.1) is 12.7 Å². The van der Waals surface area contributed by atoms with E-state index in [1.165, 1.54) is 5.56 Å². The fourth-order valence-corrected chi connectivity index (χ4v) is 3.85. The zero-order valence-corrected chi connectivity index (χ0v) is 15.9. The van der Waals surface area contributed by atoms with E-state index >= 15 is 0 Å². The first-order chi connectivity index (χ1) is 12.5. The van der Waals surface area contributed by atoms with Crippen LogP contribution in [0.2, 0.25) is 0 Å². The number of likely N-dealkylation sites (tertiary alicyclic amines) is 1. The van der Waals surface area contributed by atoms with Crippen molar-refractivity contribution in [2.45, 2.75) is 25.4 Å². The average molecular weight is 359 g/mol. The molecule has 1 saturated heterocycles. The summed E-state index contributed by atoms with van der Waals surface area (Å²) in [6, 6.07) is 2.15. The topological polar surface area (TPSA) is 71.2 Å². The Kier molecular flexibility index (Phi) is 5.92. The van der Waals surface area contributed by atoms with Gasteiger partial charge in [0.2, 0.25) is 0 Å². The molecule has 8 nitrogen and oxygen atoms in total. The third kappa shape index (κ3) is 4.43. The van der Waals surface area contributed by atoms with Gasteiger partial charge in [0, 0.05) is 57.4 Å². The van der Waals surface area contributed by atoms with Crippen molar-refractivity contribution >= 4 is 6.03 Å². The molecule has 8 heteroatoms. The third-order valence-corrected chi connectivity index (χ3v) is 5.10. The zero-order valence-electron chi connectivity index (χ0n) is 15.9. The number of carbonyl (C=O) groups is 1. The molecule has 0 unspecified atom stereocenters. The van der Waals surface area contributed by atoms with Crippen molar-refractivity contribution in [2.24, 2.45) is 13.0 Å². The zero-order chi connectivity index (χ0) is 18.5. The van der Waals surface area contributed by atoms with Crippen LogP contribution < -0.4 is 5.32 Å². The summed E-state index contributed by atoms with van der Waals surface area (Å²) in [5, 5.41) is 11.4. The van der Waals surface area contributed by atoms with E-state index in [9.17, 15) is 4.79 Å². The highest BCUT2D eigenvalue weighted by molar-refractivity contribution is 5.73. The van der Waals surface area contributed by atoms with Gasteiger partial charge in [-0.05, 0) is 38.4 Å². The molecule has 1 N–H and O–H groups in total. The average Bonchev–Trinajstić information content (AvgIpc) is 3.26. The second-order valence-electron chi connectivity index (χ2n) is 7.16. The van der Waals surface area contributed by atoms with E-state index in [0.29, 0.717) is 25.0 Å². The molecule has 0 aliphatic carbocycles. The number of aromatic nitrogens is 4. The summed E-state index contributed by atoms with van der Waals surface area (Å²) in [5.74, 6) is 0.403. The molecule has 2 amide bonds. The van der Waals surface area contributed by atoms with Gasteiger partial charge in [-0.3, -0.25) is 14.3 Å². The number of aryl methyl sites for hydroxylation is 1. The Bertz CT molecular complexity index is 696. The Morgan fingerprint density at radius 3 is 2.92 bits per heavy atom. The van der Waals surface area contributed by atoms with E-state index in [4.69, 9.17) is 0 Å². The Morgan fingerprint density at radius 1 is 1.38 bits per heavy atom. The van der Waals surface area contributed by atoms with Crippen molar-refractivity contribution in [2.75, 3.05) is 33.7 Å². The highest BCUT2D eigenvalue weighted by atomic mass is 16.2. The van der Waals surface area contributed by atoms with Crippen LogP contribution in [-0.2, 0) is 13.6 Å². The Morgan fingerprint density at radius 2 is 2.23 bits per heavy atom. The molecule has 0 spiro atoms. The summed E-state index contributed by atoms with van der Waals surface area (Å²) in [6.45, 7) is 3.06. The van der Waals surface area contributed by atoms with Crippen LogP contribution in [0.1, 0.15) is 24.4 Å². The molecule has 0 saturated carbocycles. The van der Waals surface area contributed by atoms with Gasteiger partial charge in [-0.25, -0.2) is 4.79 Å². The lowest BCUT2D eigenvalue weighted by Crippen LogP contribution is -2.45. The summed E-state index contributed by atoms with van der Waals surface area (Å²) in [4.78, 5) is 16.6. The molecule has 2 atom stereocenters. The number of urea groups is 1. The van der Waals surface area contributed by atoms with Crippen LogP contribution in [0.15, 0.2) is 30.9 Å². The van der Waals surface area contributed by atoms with Gasteiger partial charge >= 0.3 is 6.03 Å². The Hall–Kier alpha value is -2.35. The molecular formula is C18H29N7O. The maximum absolute atomic E-state index is 12.4. The van der Waals surface area contributed by atoms with Crippen LogP contribution in [0.4, 0.5) is 4.79 Å². The van der Waals surface area contributed by atoms with Crippen molar-refractivity contribution in [3.8, 4) is 0 Å². The van der Waals surface area contributed by atoms with E-state index < -0.39 is 0 Å². The van der Waals surface area contributed by atoms with Crippen LogP contribution in [0.5, 0.6) is 0 Å². The first-order valence-corrected chi connectivity index (χ1v) is 9.20. The number of nitrogens with zero attached hydrogens (tertiary/aromatic N) is 6. The van der Waals surface area contributed by atoms with E-state index in [-0.39, 0.29) is 6.03 Å². The minimum absolute atomic E-state index is 0.0321. The number of hydrogen-bond acceptors (Lipinski definition) is 4. The van der Waals surface area contributed by atoms with Crippen molar-refractivity contribution in [1.82, 2.24) is 34.7 Å². The van der Waals surface area contributed by atoms with E-state index in [1.807, 2.05) is 41.9 Å². The fraction of sp³-hybridized carbons (Fsp3) is 0.611. The van der Waals surface area contributed by atoms with Gasteiger partial charge in [-0.15, -0.1) is 0 Å². The molecule has 1 fully saturated rings. The predicted octanol–water partition coefficient (Wildman–Crippen LogP) is 1.34. The van der Waals surface area contributed by atoms with Crippen LogP contribution in [0.25, 0.3) is 0 Å². The molecule has 2 aromatic rings. The third-order valence-electron chi connectivity index (χ3n) is 5.10. The van der Waals surface area contributed by atoms with Gasteiger partial charge in [0.1, 0.15) is 0 Å². The number of hydrogen-bond donors (Lipinski definition) is 1. The molecule has 0 bridgehead atoms. The largest absolute Gasteiger partial charge is 0.336 e. The number of piperidine rings is 1. The first kappa shape index (κ1) is 18.4. The first-order valence-electron chi connectivity index (χ1n) is 9.20. The Labute approximate surface area is 154 Å². The molecule has 0 radical (unpaired) electrons. The summed E-state index contributed by atoms with van der Waals surface area (Å²) in [6.07, 6.45) is 9.95. The lowest BCUT2D eigenvalue weighted by Gasteiger charge is -2.40. The van der Waals surface area contributed by atoms with Gasteiger partial charge in [0.25, 0.3) is 0 Å². The van der Waals surface area contributed by atoms with Gasteiger partial charge in [0.15, 0.2) is 0 Å². The molecule has 1 aliphatic rings. The second-order valence-corrected chi connectivity index (χ2v) is 7.16. The van der Waals surface area contributed by atoms with E-state index in [1.54, 1.807) is 11.1 Å². The lowest BCUT2D eigenvalue weighted by molar-refractivity contribution is 0.0995. The summed E-state index contributed by atoms with van der Waals surface area (Å²) in [7, 11) is 5.98. The van der Waals surface area contributed by atoms with Crippen LogP contribution in [-0.4, -0.2) is 69.1 Å². The second kappa shape index (κ2) is 8.35. The number of carbonyl (C=O) groups excluding carboxylic acids is 1. The normalized spacial score (nSPS) is 20.9. The smallest absolute Gasteiger partial charge is 0.317 e. The van der Waals surface area contributed by atoms with Crippen LogP contribution >= 0.6 is 0 Å². The fourth-order valence-electron chi connectivity index (χ4n) is 3.85. The van der Waals surface area contributed by atoms with Crippen molar-refractivity contribution in [3.05, 3.63) is 36.4 Å². The number of rotatable bonds is 6. The van der Waals surface area contributed by atoms with E-state index in [0.717, 1.165) is 25.9 Å². The van der Waals surface area contributed by atoms with Gasteiger partial charge in [-0.2, -0.15) is 10.2 Å². The standard InChI is InChI=1S/C18H29N7O/c1-22-9-4-6-15(17(22)16-12-21-24(3)14-16)13-23(2)18(26)19-8-11-25-10-5-7-20-25/h5,7,10,12,14-15,17H,4,6,8-9,11,13H2,1-3H3,(H,19,26)/t15-,17+/m0/s1. The molecule has 2 aromatic heterocycles. The summed E-state index contributed by atoms with van der Waals surface area (Å²) in [5.41, 5.74) is 1.23. The molecule has 26 heavy (non-hydrogen) atoms. The lowest BCUT2D eigenvalue weighted by atomic mass is 9.86. The number of nitrogens with one attached hydrogen (secondary N) is 1. The molecule has 1 aliphatic heterocycles. The SMILES string of the molecule is CN(C[C@@H]1CCCN(C)[C@H]1c1cnn(C)c1)C(=O)NCCn1cccn1. The molecule has 142 valence electrons. The Balaban J connectivity index is 1.55. The summed E-state index contributed by atoms with van der Waals surface area (Å²) >= 11 is 0. The maximum Gasteiger partial charge on any atom is 0.317 e. The minimum Gasteiger partial charge on any atom is -0.336 e.